The van der Waals surface area contributed by atoms with Gasteiger partial charge < -0.3 is 5.32 Å². The Bertz CT molecular complexity index is 983. The zero-order valence-electron chi connectivity index (χ0n) is 14.9. The molecule has 0 spiro atoms. The van der Waals surface area contributed by atoms with Crippen LogP contribution < -0.4 is 10.6 Å². The lowest BCUT2D eigenvalue weighted by Gasteiger charge is -2.09. The molecule has 0 unspecified atom stereocenters. The lowest BCUT2D eigenvalue weighted by atomic mass is 10.1. The maximum atomic E-state index is 12.3. The predicted octanol–water partition coefficient (Wildman–Crippen LogP) is 4.85. The predicted molar refractivity (Wildman–Crippen MR) is 110 cm³/mol. The molecule has 3 rings (SSSR count). The topological polar surface area (TPSA) is 71.1 Å². The fourth-order valence-corrected chi connectivity index (χ4v) is 3.29. The first-order valence-electron chi connectivity index (χ1n) is 8.30. The van der Waals surface area contributed by atoms with Crippen molar-refractivity contribution in [2.24, 2.45) is 0 Å². The highest BCUT2D eigenvalue weighted by molar-refractivity contribution is 7.14. The Morgan fingerprint density at radius 3 is 2.56 bits per heavy atom. The Morgan fingerprint density at radius 2 is 1.81 bits per heavy atom. The van der Waals surface area contributed by atoms with E-state index < -0.39 is 0 Å². The number of halogens is 1. The molecule has 0 aliphatic rings. The van der Waals surface area contributed by atoms with Crippen LogP contribution in [-0.2, 0) is 11.2 Å². The van der Waals surface area contributed by atoms with Crippen molar-refractivity contribution < 1.29 is 9.59 Å². The third-order valence-electron chi connectivity index (χ3n) is 4.10. The molecule has 27 heavy (non-hydrogen) atoms. The van der Waals surface area contributed by atoms with Crippen molar-refractivity contribution in [1.29, 1.82) is 0 Å². The summed E-state index contributed by atoms with van der Waals surface area (Å²) in [5, 5.41) is 8.42. The number of anilines is 2. The molecule has 0 radical (unpaired) electrons. The lowest BCUT2D eigenvalue weighted by molar-refractivity contribution is -0.115. The first-order chi connectivity index (χ1) is 12.9. The van der Waals surface area contributed by atoms with Crippen molar-refractivity contribution in [1.82, 2.24) is 4.98 Å². The van der Waals surface area contributed by atoms with Crippen molar-refractivity contribution in [2.45, 2.75) is 20.3 Å². The van der Waals surface area contributed by atoms with Crippen LogP contribution in [0, 0.1) is 13.8 Å². The van der Waals surface area contributed by atoms with Crippen LogP contribution in [0.15, 0.2) is 47.8 Å². The number of aryl methyl sites for hydroxylation is 1. The highest BCUT2D eigenvalue weighted by atomic mass is 35.5. The number of aromatic nitrogens is 1. The molecule has 2 aromatic carbocycles. The molecule has 0 saturated heterocycles. The summed E-state index contributed by atoms with van der Waals surface area (Å²) in [4.78, 5) is 28.8. The summed E-state index contributed by atoms with van der Waals surface area (Å²) >= 11 is 7.11. The Kier molecular flexibility index (Phi) is 5.88. The van der Waals surface area contributed by atoms with Crippen LogP contribution in [-0.4, -0.2) is 16.8 Å². The number of benzene rings is 2. The van der Waals surface area contributed by atoms with Gasteiger partial charge >= 0.3 is 0 Å². The second kappa shape index (κ2) is 8.33. The fourth-order valence-electron chi connectivity index (χ4n) is 2.46. The minimum atomic E-state index is -0.271. The van der Waals surface area contributed by atoms with E-state index in [9.17, 15) is 9.59 Å². The van der Waals surface area contributed by atoms with Gasteiger partial charge in [-0.2, -0.15) is 0 Å². The molecule has 138 valence electrons. The summed E-state index contributed by atoms with van der Waals surface area (Å²) < 4.78 is 0. The zero-order chi connectivity index (χ0) is 19.4. The van der Waals surface area contributed by atoms with Gasteiger partial charge in [0.2, 0.25) is 5.91 Å². The quantitative estimate of drug-likeness (QED) is 0.644. The number of rotatable bonds is 5. The number of carbonyl (C=O) groups is 2. The number of hydrogen-bond donors (Lipinski definition) is 2. The number of thiazole rings is 1. The molecule has 0 saturated carbocycles. The largest absolute Gasteiger partial charge is 0.325 e. The van der Waals surface area contributed by atoms with Gasteiger partial charge in [-0.15, -0.1) is 11.3 Å². The minimum absolute atomic E-state index is 0.140. The van der Waals surface area contributed by atoms with Crippen molar-refractivity contribution in [2.75, 3.05) is 10.6 Å². The molecule has 7 heteroatoms. The van der Waals surface area contributed by atoms with E-state index in [0.717, 1.165) is 16.8 Å². The van der Waals surface area contributed by atoms with Crippen molar-refractivity contribution in [3.8, 4) is 0 Å². The molecule has 5 nitrogen and oxygen atoms in total. The van der Waals surface area contributed by atoms with Crippen molar-refractivity contribution in [3.05, 3.63) is 75.3 Å². The van der Waals surface area contributed by atoms with Gasteiger partial charge in [0.05, 0.1) is 12.1 Å². The van der Waals surface area contributed by atoms with Crippen LogP contribution in [0.1, 0.15) is 27.2 Å². The Balaban J connectivity index is 1.60. The van der Waals surface area contributed by atoms with E-state index in [-0.39, 0.29) is 18.2 Å². The Morgan fingerprint density at radius 1 is 1.07 bits per heavy atom. The summed E-state index contributed by atoms with van der Waals surface area (Å²) in [5.74, 6) is -0.419. The van der Waals surface area contributed by atoms with E-state index in [4.69, 9.17) is 11.6 Å². The SMILES string of the molecule is Cc1cccc(NC(=O)Cc2csc(NC(=O)c3ccc(Cl)cc3)n2)c1C. The molecule has 3 aromatic rings. The molecule has 1 heterocycles. The normalized spacial score (nSPS) is 10.5. The summed E-state index contributed by atoms with van der Waals surface area (Å²) in [7, 11) is 0. The molecule has 2 amide bonds. The van der Waals surface area contributed by atoms with Gasteiger partial charge in [-0.1, -0.05) is 23.7 Å². The van der Waals surface area contributed by atoms with Crippen LogP contribution in [0.3, 0.4) is 0 Å². The molecule has 0 fully saturated rings. The van der Waals surface area contributed by atoms with Gasteiger partial charge in [0.25, 0.3) is 5.91 Å². The highest BCUT2D eigenvalue weighted by Crippen LogP contribution is 2.20. The number of hydrogen-bond acceptors (Lipinski definition) is 4. The zero-order valence-corrected chi connectivity index (χ0v) is 16.4. The van der Waals surface area contributed by atoms with E-state index in [2.05, 4.69) is 15.6 Å². The van der Waals surface area contributed by atoms with E-state index in [1.807, 2.05) is 32.0 Å². The maximum absolute atomic E-state index is 12.3. The second-order valence-corrected chi connectivity index (χ2v) is 7.37. The Labute approximate surface area is 166 Å². The van der Waals surface area contributed by atoms with Crippen molar-refractivity contribution >= 4 is 45.6 Å². The smallest absolute Gasteiger partial charge is 0.257 e. The monoisotopic (exact) mass is 399 g/mol. The number of nitrogens with one attached hydrogen (secondary N) is 2. The summed E-state index contributed by atoms with van der Waals surface area (Å²) in [5.41, 5.74) is 4.05. The maximum Gasteiger partial charge on any atom is 0.257 e. The lowest BCUT2D eigenvalue weighted by Crippen LogP contribution is -2.16. The molecule has 0 bridgehead atoms. The number of amides is 2. The van der Waals surface area contributed by atoms with Gasteiger partial charge in [-0.05, 0) is 55.3 Å². The van der Waals surface area contributed by atoms with Crippen LogP contribution in [0.2, 0.25) is 5.02 Å². The molecule has 1 aromatic heterocycles. The van der Waals surface area contributed by atoms with Gasteiger partial charge in [0, 0.05) is 21.7 Å². The average molecular weight is 400 g/mol. The Hall–Kier alpha value is -2.70. The summed E-state index contributed by atoms with van der Waals surface area (Å²) in [6.07, 6.45) is 0.140. The first kappa shape index (κ1) is 19.1. The van der Waals surface area contributed by atoms with Crippen LogP contribution in [0.25, 0.3) is 0 Å². The van der Waals surface area contributed by atoms with Gasteiger partial charge in [0.1, 0.15) is 0 Å². The standard InChI is InChI=1S/C20H18ClN3O2S/c1-12-4-3-5-17(13(12)2)23-18(25)10-16-11-27-20(22-16)24-19(26)14-6-8-15(21)9-7-14/h3-9,11H,10H2,1-2H3,(H,23,25)(H,22,24,26). The first-order valence-corrected chi connectivity index (χ1v) is 9.55. The van der Waals surface area contributed by atoms with Crippen LogP contribution in [0.4, 0.5) is 10.8 Å². The summed E-state index contributed by atoms with van der Waals surface area (Å²) in [6.45, 7) is 3.97. The van der Waals surface area contributed by atoms with E-state index in [1.54, 1.807) is 29.6 Å². The van der Waals surface area contributed by atoms with E-state index in [1.165, 1.54) is 11.3 Å². The molecule has 0 aliphatic heterocycles. The molecule has 0 atom stereocenters. The fraction of sp³-hybridized carbons (Fsp3) is 0.150. The second-order valence-electron chi connectivity index (χ2n) is 6.08. The number of nitrogens with zero attached hydrogens (tertiary/aromatic N) is 1. The highest BCUT2D eigenvalue weighted by Gasteiger charge is 2.12. The number of carbonyl (C=O) groups excluding carboxylic acids is 2. The van der Waals surface area contributed by atoms with E-state index >= 15 is 0 Å². The third kappa shape index (κ3) is 4.93. The molecular formula is C20H18ClN3O2S. The molecular weight excluding hydrogens is 382 g/mol. The molecule has 2 N–H and O–H groups in total. The van der Waals surface area contributed by atoms with Gasteiger partial charge in [-0.25, -0.2) is 4.98 Å². The third-order valence-corrected chi connectivity index (χ3v) is 5.16. The minimum Gasteiger partial charge on any atom is -0.325 e. The van der Waals surface area contributed by atoms with Crippen LogP contribution in [0.5, 0.6) is 0 Å². The molecule has 0 aliphatic carbocycles. The van der Waals surface area contributed by atoms with Crippen molar-refractivity contribution in [3.63, 3.8) is 0 Å². The average Bonchev–Trinajstić information content (AvgIpc) is 3.06. The van der Waals surface area contributed by atoms with E-state index in [0.29, 0.717) is 21.4 Å². The van der Waals surface area contributed by atoms with Gasteiger partial charge in [-0.3, -0.25) is 14.9 Å². The van der Waals surface area contributed by atoms with Crippen LogP contribution >= 0.6 is 22.9 Å². The summed E-state index contributed by atoms with van der Waals surface area (Å²) in [6, 6.07) is 12.4. The van der Waals surface area contributed by atoms with Gasteiger partial charge in [0.15, 0.2) is 5.13 Å².